The first-order valence-electron chi connectivity index (χ1n) is 12.4. The summed E-state index contributed by atoms with van der Waals surface area (Å²) < 4.78 is 0. The summed E-state index contributed by atoms with van der Waals surface area (Å²) in [5, 5.41) is 2.68. The van der Waals surface area contributed by atoms with Crippen molar-refractivity contribution in [2.75, 3.05) is 0 Å². The molecule has 2 aromatic rings. The zero-order valence-corrected chi connectivity index (χ0v) is 21.1. The van der Waals surface area contributed by atoms with Crippen molar-refractivity contribution in [3.05, 3.63) is 71.6 Å². The van der Waals surface area contributed by atoms with Gasteiger partial charge >= 0.3 is 0 Å². The summed E-state index contributed by atoms with van der Waals surface area (Å²) in [6.45, 7) is 17.6. The van der Waals surface area contributed by atoms with E-state index in [-0.39, 0.29) is 5.41 Å². The molecule has 0 bridgehead atoms. The van der Waals surface area contributed by atoms with E-state index in [9.17, 15) is 0 Å². The van der Waals surface area contributed by atoms with Crippen LogP contribution in [-0.4, -0.2) is 4.98 Å². The van der Waals surface area contributed by atoms with Gasteiger partial charge in [0.05, 0.1) is 5.69 Å². The summed E-state index contributed by atoms with van der Waals surface area (Å²) in [4.78, 5) is 4.85. The lowest BCUT2D eigenvalue weighted by atomic mass is 9.65. The maximum Gasteiger partial charge on any atom is 0.0749 e. The van der Waals surface area contributed by atoms with Crippen molar-refractivity contribution in [1.82, 2.24) is 4.98 Å². The van der Waals surface area contributed by atoms with Crippen LogP contribution < -0.4 is 0 Å². The third kappa shape index (κ3) is 5.37. The van der Waals surface area contributed by atoms with Crippen molar-refractivity contribution in [2.45, 2.75) is 86.5 Å². The first-order chi connectivity index (χ1) is 14.9. The minimum Gasteiger partial charge on any atom is -0.256 e. The minimum absolute atomic E-state index is 0.0362. The van der Waals surface area contributed by atoms with Crippen molar-refractivity contribution in [3.8, 4) is 0 Å². The number of hydrogen-bond donors (Lipinski definition) is 0. The van der Waals surface area contributed by atoms with Gasteiger partial charge in [0.1, 0.15) is 0 Å². The standard InChI is InChI=1S/C23H25N.C5H12.C2H6/c1-4-5-6-9-16-10-7-12-18-20(16)22-21-17(14-15-24-22)11-8-13-19(21)23(18,2)3;1-4-5(2)3;1-2/h5-8,11-16H,4,9-10H2,1-3H3;5H,4H2,1-3H3;1-2H3. The SMILES string of the molecule is CC.CCC(C)C.CCC=CCC1CC=CC2=C1c1nccc3cccc(c13)C2(C)C. The zero-order chi connectivity index (χ0) is 23.0. The molecule has 1 aromatic carbocycles. The number of benzene rings is 1. The molecule has 1 heteroatoms. The van der Waals surface area contributed by atoms with Crippen molar-refractivity contribution < 1.29 is 0 Å². The number of allylic oxidation sites excluding steroid dienone is 6. The van der Waals surface area contributed by atoms with Gasteiger partial charge in [0.25, 0.3) is 0 Å². The van der Waals surface area contributed by atoms with Crippen LogP contribution in [0.1, 0.15) is 92.3 Å². The normalized spacial score (nSPS) is 18.4. The summed E-state index contributed by atoms with van der Waals surface area (Å²) in [7, 11) is 0. The number of aromatic nitrogens is 1. The van der Waals surface area contributed by atoms with Crippen LogP contribution in [0, 0.1) is 11.8 Å². The third-order valence-electron chi connectivity index (χ3n) is 6.44. The van der Waals surface area contributed by atoms with E-state index >= 15 is 0 Å². The molecule has 0 amide bonds. The Hall–Kier alpha value is -2.15. The Balaban J connectivity index is 0.000000432. The number of fused-ring (bicyclic) bond motifs is 1. The molecule has 0 saturated carbocycles. The second-order valence-electron chi connectivity index (χ2n) is 9.27. The Kier molecular flexibility index (Phi) is 9.29. The highest BCUT2D eigenvalue weighted by Crippen LogP contribution is 2.51. The highest BCUT2D eigenvalue weighted by atomic mass is 14.7. The van der Waals surface area contributed by atoms with Crippen LogP contribution in [0.5, 0.6) is 0 Å². The van der Waals surface area contributed by atoms with Crippen LogP contribution in [0.25, 0.3) is 16.3 Å². The Morgan fingerprint density at radius 3 is 2.45 bits per heavy atom. The molecular weight excluding hydrogens is 374 g/mol. The molecule has 2 aliphatic rings. The average Bonchev–Trinajstić information content (AvgIpc) is 2.79. The molecule has 1 nitrogen and oxygen atoms in total. The van der Waals surface area contributed by atoms with Crippen LogP contribution in [-0.2, 0) is 5.41 Å². The van der Waals surface area contributed by atoms with Gasteiger partial charge in [0.15, 0.2) is 0 Å². The second-order valence-corrected chi connectivity index (χ2v) is 9.27. The van der Waals surface area contributed by atoms with Crippen LogP contribution >= 0.6 is 0 Å². The Morgan fingerprint density at radius 1 is 1.10 bits per heavy atom. The average molecular weight is 418 g/mol. The summed E-state index contributed by atoms with van der Waals surface area (Å²) in [6.07, 6.45) is 16.0. The van der Waals surface area contributed by atoms with Crippen molar-refractivity contribution in [2.24, 2.45) is 11.8 Å². The van der Waals surface area contributed by atoms with Gasteiger partial charge in [-0.1, -0.05) is 104 Å². The maximum atomic E-state index is 4.85. The smallest absolute Gasteiger partial charge is 0.0749 e. The number of rotatable bonds is 4. The lowest BCUT2D eigenvalue weighted by Gasteiger charge is -2.39. The molecule has 0 fully saturated rings. The molecule has 0 aliphatic heterocycles. The minimum atomic E-state index is 0.0362. The number of nitrogens with zero attached hydrogens (tertiary/aromatic N) is 1. The van der Waals surface area contributed by atoms with E-state index in [1.54, 1.807) is 0 Å². The predicted molar refractivity (Wildman–Crippen MR) is 139 cm³/mol. The van der Waals surface area contributed by atoms with Crippen LogP contribution in [0.4, 0.5) is 0 Å². The van der Waals surface area contributed by atoms with E-state index in [1.165, 1.54) is 39.6 Å². The predicted octanol–water partition coefficient (Wildman–Crippen LogP) is 9.29. The monoisotopic (exact) mass is 417 g/mol. The first-order valence-corrected chi connectivity index (χ1v) is 12.4. The Labute approximate surface area is 191 Å². The molecule has 31 heavy (non-hydrogen) atoms. The van der Waals surface area contributed by atoms with Crippen molar-refractivity contribution >= 4 is 16.3 Å². The molecule has 1 unspecified atom stereocenters. The van der Waals surface area contributed by atoms with Gasteiger partial charge in [-0.3, -0.25) is 4.98 Å². The summed E-state index contributed by atoms with van der Waals surface area (Å²) in [5.41, 5.74) is 5.61. The zero-order valence-electron chi connectivity index (χ0n) is 21.1. The Bertz CT molecular complexity index is 935. The van der Waals surface area contributed by atoms with E-state index in [1.807, 2.05) is 20.0 Å². The fourth-order valence-electron chi connectivity index (χ4n) is 4.38. The lowest BCUT2D eigenvalue weighted by molar-refractivity contribution is 0.602. The van der Waals surface area contributed by atoms with Gasteiger partial charge in [-0.05, 0) is 59.3 Å². The van der Waals surface area contributed by atoms with E-state index < -0.39 is 0 Å². The highest BCUT2D eigenvalue weighted by Gasteiger charge is 2.38. The van der Waals surface area contributed by atoms with Crippen LogP contribution in [0.3, 0.4) is 0 Å². The largest absolute Gasteiger partial charge is 0.256 e. The van der Waals surface area contributed by atoms with Crippen LogP contribution in [0.15, 0.2) is 60.3 Å². The molecule has 2 aliphatic carbocycles. The molecule has 168 valence electrons. The van der Waals surface area contributed by atoms with E-state index in [0.717, 1.165) is 25.2 Å². The number of hydrogen-bond acceptors (Lipinski definition) is 1. The van der Waals surface area contributed by atoms with Crippen LogP contribution in [0.2, 0.25) is 0 Å². The fourth-order valence-corrected chi connectivity index (χ4v) is 4.38. The molecule has 0 N–H and O–H groups in total. The first kappa shape index (κ1) is 25.1. The molecule has 0 radical (unpaired) electrons. The van der Waals surface area contributed by atoms with Gasteiger partial charge in [-0.2, -0.15) is 0 Å². The van der Waals surface area contributed by atoms with Gasteiger partial charge in [-0.25, -0.2) is 0 Å². The molecule has 1 atom stereocenters. The fraction of sp³-hybridized carbons (Fsp3) is 0.500. The summed E-state index contributed by atoms with van der Waals surface area (Å²) >= 11 is 0. The van der Waals surface area contributed by atoms with Gasteiger partial charge in [0, 0.05) is 17.0 Å². The molecule has 0 spiro atoms. The lowest BCUT2D eigenvalue weighted by Crippen LogP contribution is -2.28. The third-order valence-corrected chi connectivity index (χ3v) is 6.44. The van der Waals surface area contributed by atoms with Gasteiger partial charge in [-0.15, -0.1) is 0 Å². The van der Waals surface area contributed by atoms with Crippen molar-refractivity contribution in [1.29, 1.82) is 0 Å². The molecule has 0 saturated heterocycles. The van der Waals surface area contributed by atoms with Crippen molar-refractivity contribution in [3.63, 3.8) is 0 Å². The topological polar surface area (TPSA) is 12.9 Å². The quantitative estimate of drug-likeness (QED) is 0.452. The second kappa shape index (κ2) is 11.5. The highest BCUT2D eigenvalue weighted by molar-refractivity contribution is 6.00. The molecule has 1 heterocycles. The summed E-state index contributed by atoms with van der Waals surface area (Å²) in [6, 6.07) is 8.83. The van der Waals surface area contributed by atoms with E-state index in [4.69, 9.17) is 4.98 Å². The number of pyridine rings is 1. The van der Waals surface area contributed by atoms with Gasteiger partial charge < -0.3 is 0 Å². The molecule has 1 aromatic heterocycles. The molecule has 4 rings (SSSR count). The Morgan fingerprint density at radius 2 is 1.81 bits per heavy atom. The van der Waals surface area contributed by atoms with E-state index in [0.29, 0.717) is 5.92 Å². The van der Waals surface area contributed by atoms with E-state index in [2.05, 4.69) is 90.1 Å². The van der Waals surface area contributed by atoms with Gasteiger partial charge in [0.2, 0.25) is 0 Å². The molecular formula is C30H43N. The maximum absolute atomic E-state index is 4.85. The summed E-state index contributed by atoms with van der Waals surface area (Å²) in [5.74, 6) is 1.42.